The molecule has 190 valence electrons. The fraction of sp³-hybridized carbons (Fsp3) is 0.560. The highest BCUT2D eigenvalue weighted by molar-refractivity contribution is 6.32. The van der Waals surface area contributed by atoms with Gasteiger partial charge in [-0.15, -0.1) is 0 Å². The normalized spacial score (nSPS) is 22.4. The molecule has 35 heavy (non-hydrogen) atoms. The molecule has 0 unspecified atom stereocenters. The predicted octanol–water partition coefficient (Wildman–Crippen LogP) is 3.08. The molecule has 8 nitrogen and oxygen atoms in total. The molecule has 0 spiro atoms. The number of anilines is 2. The highest BCUT2D eigenvalue weighted by Crippen LogP contribution is 2.31. The van der Waals surface area contributed by atoms with Crippen LogP contribution >= 0.6 is 11.6 Å². The predicted molar refractivity (Wildman–Crippen MR) is 137 cm³/mol. The van der Waals surface area contributed by atoms with Crippen LogP contribution in [0.1, 0.15) is 48.3 Å². The van der Waals surface area contributed by atoms with E-state index in [1.165, 1.54) is 7.05 Å². The summed E-state index contributed by atoms with van der Waals surface area (Å²) in [6.45, 7) is 10.4. The zero-order chi connectivity index (χ0) is 25.3. The molecule has 0 saturated carbocycles. The molecule has 10 heteroatoms. The van der Waals surface area contributed by atoms with Gasteiger partial charge in [0, 0.05) is 50.4 Å². The quantitative estimate of drug-likeness (QED) is 0.648. The van der Waals surface area contributed by atoms with E-state index in [1.807, 2.05) is 19.1 Å². The summed E-state index contributed by atoms with van der Waals surface area (Å²) in [5.74, 6) is 0.0665. The van der Waals surface area contributed by atoms with E-state index in [0.717, 1.165) is 50.1 Å². The summed E-state index contributed by atoms with van der Waals surface area (Å²) in [5, 5.41) is 2.69. The molecule has 3 heterocycles. The third-order valence-electron chi connectivity index (χ3n) is 7.24. The fourth-order valence-electron chi connectivity index (χ4n) is 5.27. The first-order chi connectivity index (χ1) is 16.7. The number of carbonyl (C=O) groups excluding carboxylic acids is 1. The molecular formula is C25H35ClFN7O. The van der Waals surface area contributed by atoms with Crippen molar-refractivity contribution in [1.82, 2.24) is 25.1 Å². The minimum absolute atomic E-state index is 0.0397. The van der Waals surface area contributed by atoms with Crippen molar-refractivity contribution in [3.63, 3.8) is 0 Å². The van der Waals surface area contributed by atoms with E-state index in [4.69, 9.17) is 17.3 Å². The molecule has 0 aliphatic carbocycles. The molecule has 3 N–H and O–H groups in total. The lowest BCUT2D eigenvalue weighted by molar-refractivity contribution is 0.0583. The topological polar surface area (TPSA) is 90.6 Å². The maximum absolute atomic E-state index is 14.3. The molecule has 2 aliphatic rings. The van der Waals surface area contributed by atoms with Crippen molar-refractivity contribution in [2.45, 2.75) is 58.3 Å². The van der Waals surface area contributed by atoms with Crippen LogP contribution in [0.4, 0.5) is 16.0 Å². The Kier molecular flexibility index (Phi) is 7.78. The van der Waals surface area contributed by atoms with Gasteiger partial charge in [0.15, 0.2) is 22.5 Å². The molecular weight excluding hydrogens is 469 g/mol. The van der Waals surface area contributed by atoms with Crippen LogP contribution in [0, 0.1) is 12.7 Å². The number of rotatable bonds is 5. The Labute approximate surface area is 211 Å². The maximum atomic E-state index is 14.3. The van der Waals surface area contributed by atoms with E-state index < -0.39 is 5.91 Å². The van der Waals surface area contributed by atoms with Crippen molar-refractivity contribution < 1.29 is 9.18 Å². The van der Waals surface area contributed by atoms with E-state index in [1.54, 1.807) is 6.07 Å². The number of halogens is 2. The van der Waals surface area contributed by atoms with Gasteiger partial charge in [-0.1, -0.05) is 23.7 Å². The van der Waals surface area contributed by atoms with Gasteiger partial charge >= 0.3 is 0 Å². The number of carbonyl (C=O) groups is 1. The number of nitrogens with zero attached hydrogens (tertiary/aromatic N) is 5. The van der Waals surface area contributed by atoms with E-state index in [0.29, 0.717) is 18.4 Å². The highest BCUT2D eigenvalue weighted by Gasteiger charge is 2.36. The van der Waals surface area contributed by atoms with E-state index in [9.17, 15) is 9.18 Å². The Bertz CT molecular complexity index is 1080. The van der Waals surface area contributed by atoms with Crippen LogP contribution in [0.3, 0.4) is 0 Å². The molecule has 1 aromatic heterocycles. The lowest BCUT2D eigenvalue weighted by Crippen LogP contribution is -2.61. The second-order valence-electron chi connectivity index (χ2n) is 9.80. The molecule has 1 amide bonds. The van der Waals surface area contributed by atoms with E-state index >= 15 is 0 Å². The first kappa shape index (κ1) is 25.6. The number of benzene rings is 1. The number of nitrogen functional groups attached to an aromatic ring is 1. The third kappa shape index (κ3) is 5.52. The van der Waals surface area contributed by atoms with Gasteiger partial charge in [-0.3, -0.25) is 14.6 Å². The summed E-state index contributed by atoms with van der Waals surface area (Å²) in [7, 11) is 1.51. The largest absolute Gasteiger partial charge is 0.382 e. The third-order valence-corrected chi connectivity index (χ3v) is 7.49. The highest BCUT2D eigenvalue weighted by atomic mass is 35.5. The monoisotopic (exact) mass is 503 g/mol. The van der Waals surface area contributed by atoms with Gasteiger partial charge in [0.2, 0.25) is 0 Å². The van der Waals surface area contributed by atoms with Gasteiger partial charge in [-0.2, -0.15) is 0 Å². The van der Waals surface area contributed by atoms with Gasteiger partial charge in [0.05, 0.1) is 0 Å². The second kappa shape index (κ2) is 10.6. The van der Waals surface area contributed by atoms with Crippen LogP contribution in [-0.2, 0) is 6.54 Å². The van der Waals surface area contributed by atoms with Crippen molar-refractivity contribution in [2.24, 2.45) is 0 Å². The molecule has 2 saturated heterocycles. The average molecular weight is 504 g/mol. The molecule has 1 aromatic carbocycles. The molecule has 2 aromatic rings. The molecule has 2 atom stereocenters. The summed E-state index contributed by atoms with van der Waals surface area (Å²) < 4.78 is 14.3. The number of hydrogen-bond acceptors (Lipinski definition) is 7. The Hall–Kier alpha value is -2.49. The van der Waals surface area contributed by atoms with Crippen molar-refractivity contribution in [2.75, 3.05) is 43.9 Å². The fourth-order valence-corrected chi connectivity index (χ4v) is 5.51. The number of amides is 1. The van der Waals surface area contributed by atoms with Crippen LogP contribution in [0.5, 0.6) is 0 Å². The lowest BCUT2D eigenvalue weighted by Gasteiger charge is -2.49. The zero-order valence-electron chi connectivity index (χ0n) is 20.9. The number of likely N-dealkylation sites (tertiary alicyclic amines) is 1. The number of nitrogens with two attached hydrogens (primary N) is 1. The number of piperidine rings is 1. The number of piperazine rings is 1. The SMILES string of the molecule is CNC(=O)c1nc(Cl)c(N2C[C@H](C)N(C3CCN(Cc4ccc(C)cc4F)CC3)C[C@H]2C)nc1N. The molecule has 2 aliphatic heterocycles. The second-order valence-corrected chi connectivity index (χ2v) is 10.2. The standard InChI is InChI=1S/C25H35ClFN7O/c1-15-5-6-18(20(27)11-15)14-32-9-7-19(8-10-32)33-12-17(3)34(13-16(33)2)24-22(26)30-21(23(28)31-24)25(35)29-4/h5-6,11,16-17,19H,7-10,12-14H2,1-4H3,(H2,28,31)(H,29,35)/t16-,17+/m0/s1. The van der Waals surface area contributed by atoms with Gasteiger partial charge in [0.1, 0.15) is 5.82 Å². The van der Waals surface area contributed by atoms with E-state index in [2.05, 4.69) is 43.8 Å². The minimum Gasteiger partial charge on any atom is -0.382 e. The van der Waals surface area contributed by atoms with Crippen molar-refractivity contribution in [1.29, 1.82) is 0 Å². The molecule has 4 rings (SSSR count). The Morgan fingerprint density at radius 3 is 2.57 bits per heavy atom. The van der Waals surface area contributed by atoms with Gasteiger partial charge in [-0.05, 0) is 58.3 Å². The Morgan fingerprint density at radius 2 is 1.91 bits per heavy atom. The zero-order valence-corrected chi connectivity index (χ0v) is 21.6. The Morgan fingerprint density at radius 1 is 1.20 bits per heavy atom. The molecule has 0 radical (unpaired) electrons. The number of aryl methyl sites for hydroxylation is 1. The van der Waals surface area contributed by atoms with Crippen LogP contribution in [-0.4, -0.2) is 77.0 Å². The summed E-state index contributed by atoms with van der Waals surface area (Å²) in [5.41, 5.74) is 7.78. The summed E-state index contributed by atoms with van der Waals surface area (Å²) in [6.07, 6.45) is 2.11. The van der Waals surface area contributed by atoms with Gasteiger partial charge in [0.25, 0.3) is 5.91 Å². The van der Waals surface area contributed by atoms with Gasteiger partial charge in [-0.25, -0.2) is 14.4 Å². The maximum Gasteiger partial charge on any atom is 0.273 e. The number of aromatic nitrogens is 2. The first-order valence-electron chi connectivity index (χ1n) is 12.2. The van der Waals surface area contributed by atoms with Crippen LogP contribution in [0.25, 0.3) is 0 Å². The average Bonchev–Trinajstić information content (AvgIpc) is 2.83. The Balaban J connectivity index is 1.38. The van der Waals surface area contributed by atoms with Crippen molar-refractivity contribution in [3.8, 4) is 0 Å². The van der Waals surface area contributed by atoms with Crippen LogP contribution < -0.4 is 16.0 Å². The van der Waals surface area contributed by atoms with Crippen molar-refractivity contribution in [3.05, 3.63) is 46.0 Å². The van der Waals surface area contributed by atoms with Gasteiger partial charge < -0.3 is 16.0 Å². The number of nitrogens with one attached hydrogen (secondary N) is 1. The molecule has 2 fully saturated rings. The van der Waals surface area contributed by atoms with Crippen molar-refractivity contribution >= 4 is 29.1 Å². The number of hydrogen-bond donors (Lipinski definition) is 2. The first-order valence-corrected chi connectivity index (χ1v) is 12.6. The van der Waals surface area contributed by atoms with E-state index in [-0.39, 0.29) is 34.6 Å². The lowest BCUT2D eigenvalue weighted by atomic mass is 9.97. The smallest absolute Gasteiger partial charge is 0.273 e. The minimum atomic E-state index is -0.411. The summed E-state index contributed by atoms with van der Waals surface area (Å²) >= 11 is 6.44. The summed E-state index contributed by atoms with van der Waals surface area (Å²) in [4.78, 5) is 27.7. The van der Waals surface area contributed by atoms with Crippen LogP contribution in [0.2, 0.25) is 5.15 Å². The van der Waals surface area contributed by atoms with Crippen LogP contribution in [0.15, 0.2) is 18.2 Å². The molecule has 0 bridgehead atoms. The summed E-state index contributed by atoms with van der Waals surface area (Å²) in [6, 6.07) is 6.42.